The maximum Gasteiger partial charge on any atom is 0.251 e. The summed E-state index contributed by atoms with van der Waals surface area (Å²) in [6.45, 7) is 2.07. The molecule has 0 atom stereocenters. The second kappa shape index (κ2) is 5.39. The summed E-state index contributed by atoms with van der Waals surface area (Å²) >= 11 is 0. The Morgan fingerprint density at radius 1 is 1.29 bits per heavy atom. The summed E-state index contributed by atoms with van der Waals surface area (Å²) in [4.78, 5) is 22.6. The van der Waals surface area contributed by atoms with Crippen LogP contribution < -0.4 is 5.56 Å². The van der Waals surface area contributed by atoms with Gasteiger partial charge in [-0.3, -0.25) is 9.78 Å². The summed E-state index contributed by atoms with van der Waals surface area (Å²) in [5.74, 6) is 0.715. The molecule has 0 aliphatic carbocycles. The summed E-state index contributed by atoms with van der Waals surface area (Å²) in [6, 6.07) is 5.42. The van der Waals surface area contributed by atoms with Gasteiger partial charge >= 0.3 is 0 Å². The molecule has 0 amide bonds. The molecule has 4 nitrogen and oxygen atoms in total. The van der Waals surface area contributed by atoms with Crippen LogP contribution in [-0.2, 0) is 12.8 Å². The van der Waals surface area contributed by atoms with Gasteiger partial charge in [-0.05, 0) is 24.1 Å². The minimum Gasteiger partial charge on any atom is -0.310 e. The van der Waals surface area contributed by atoms with Crippen molar-refractivity contribution >= 4 is 0 Å². The van der Waals surface area contributed by atoms with E-state index in [0.717, 1.165) is 24.1 Å². The number of rotatable bonds is 4. The third-order valence-corrected chi connectivity index (χ3v) is 2.47. The van der Waals surface area contributed by atoms with E-state index in [1.165, 1.54) is 0 Å². The fourth-order valence-corrected chi connectivity index (χ4v) is 1.73. The van der Waals surface area contributed by atoms with Crippen LogP contribution in [0.1, 0.15) is 30.4 Å². The molecular weight excluding hydrogens is 214 g/mol. The fourth-order valence-electron chi connectivity index (χ4n) is 1.73. The van der Waals surface area contributed by atoms with Gasteiger partial charge in [0.05, 0.1) is 0 Å². The maximum atomic E-state index is 11.5. The zero-order valence-corrected chi connectivity index (χ0v) is 9.81. The fraction of sp³-hybridized carbons (Fsp3) is 0.308. The Morgan fingerprint density at radius 3 is 2.76 bits per heavy atom. The van der Waals surface area contributed by atoms with Gasteiger partial charge in [0.1, 0.15) is 5.82 Å². The number of nitrogens with zero attached hydrogens (tertiary/aromatic N) is 2. The normalized spacial score (nSPS) is 10.4. The zero-order chi connectivity index (χ0) is 12.1. The minimum absolute atomic E-state index is 0.0764. The molecular formula is C13H15N3O. The van der Waals surface area contributed by atoms with Crippen molar-refractivity contribution in [2.75, 3.05) is 0 Å². The van der Waals surface area contributed by atoms with E-state index in [1.54, 1.807) is 18.5 Å². The van der Waals surface area contributed by atoms with Gasteiger partial charge in [-0.25, -0.2) is 4.98 Å². The van der Waals surface area contributed by atoms with Crippen LogP contribution >= 0.6 is 0 Å². The molecule has 2 rings (SSSR count). The molecule has 0 aromatic carbocycles. The highest BCUT2D eigenvalue weighted by Crippen LogP contribution is 2.04. The molecule has 2 aromatic heterocycles. The van der Waals surface area contributed by atoms with Crippen LogP contribution in [0.2, 0.25) is 0 Å². The van der Waals surface area contributed by atoms with E-state index < -0.39 is 0 Å². The first-order valence-corrected chi connectivity index (χ1v) is 5.76. The molecule has 0 saturated carbocycles. The third kappa shape index (κ3) is 3.24. The van der Waals surface area contributed by atoms with Crippen molar-refractivity contribution in [1.29, 1.82) is 0 Å². The first-order chi connectivity index (χ1) is 8.28. The number of nitrogens with one attached hydrogen (secondary N) is 1. The molecule has 17 heavy (non-hydrogen) atoms. The second-order valence-electron chi connectivity index (χ2n) is 3.97. The van der Waals surface area contributed by atoms with Gasteiger partial charge in [0.15, 0.2) is 0 Å². The molecule has 4 heteroatoms. The van der Waals surface area contributed by atoms with Crippen molar-refractivity contribution in [3.63, 3.8) is 0 Å². The van der Waals surface area contributed by atoms with Crippen LogP contribution in [-0.4, -0.2) is 15.0 Å². The van der Waals surface area contributed by atoms with Crippen LogP contribution in [0, 0.1) is 0 Å². The Bertz CT molecular complexity index is 534. The van der Waals surface area contributed by atoms with Crippen molar-refractivity contribution in [3.05, 3.63) is 58.0 Å². The Kier molecular flexibility index (Phi) is 3.65. The standard InChI is InChI=1S/C13H15N3O/c1-2-3-11-9-13(17)16-12(15-11)8-10-4-6-14-7-5-10/h4-7,9H,2-3,8H2,1H3,(H,15,16,17). The van der Waals surface area contributed by atoms with Crippen molar-refractivity contribution in [3.8, 4) is 0 Å². The van der Waals surface area contributed by atoms with Crippen molar-refractivity contribution < 1.29 is 0 Å². The summed E-state index contributed by atoms with van der Waals surface area (Å²) in [5.41, 5.74) is 1.88. The number of aromatic amines is 1. The van der Waals surface area contributed by atoms with Gasteiger partial charge in [0, 0.05) is 30.6 Å². The lowest BCUT2D eigenvalue weighted by Crippen LogP contribution is -2.13. The summed E-state index contributed by atoms with van der Waals surface area (Å²) in [5, 5.41) is 0. The summed E-state index contributed by atoms with van der Waals surface area (Å²) < 4.78 is 0. The van der Waals surface area contributed by atoms with E-state index in [9.17, 15) is 4.79 Å². The van der Waals surface area contributed by atoms with E-state index in [0.29, 0.717) is 12.2 Å². The summed E-state index contributed by atoms with van der Waals surface area (Å²) in [7, 11) is 0. The Balaban J connectivity index is 2.24. The van der Waals surface area contributed by atoms with Crippen LogP contribution in [0.5, 0.6) is 0 Å². The first-order valence-electron chi connectivity index (χ1n) is 5.76. The lowest BCUT2D eigenvalue weighted by Gasteiger charge is -2.03. The van der Waals surface area contributed by atoms with Crippen molar-refractivity contribution in [2.24, 2.45) is 0 Å². The lowest BCUT2D eigenvalue weighted by molar-refractivity contribution is 0.831. The number of hydrogen-bond donors (Lipinski definition) is 1. The van der Waals surface area contributed by atoms with Gasteiger partial charge in [-0.2, -0.15) is 0 Å². The topological polar surface area (TPSA) is 58.6 Å². The highest BCUT2D eigenvalue weighted by atomic mass is 16.1. The molecule has 0 bridgehead atoms. The smallest absolute Gasteiger partial charge is 0.251 e. The second-order valence-corrected chi connectivity index (χ2v) is 3.97. The number of aryl methyl sites for hydroxylation is 1. The molecule has 2 aromatic rings. The molecule has 0 radical (unpaired) electrons. The summed E-state index contributed by atoms with van der Waals surface area (Å²) in [6.07, 6.45) is 5.94. The van der Waals surface area contributed by atoms with Crippen LogP contribution in [0.3, 0.4) is 0 Å². The number of aromatic nitrogens is 3. The Labute approximate surface area is 99.8 Å². The molecule has 0 fully saturated rings. The zero-order valence-electron chi connectivity index (χ0n) is 9.81. The number of H-pyrrole nitrogens is 1. The maximum absolute atomic E-state index is 11.5. The van der Waals surface area contributed by atoms with Gasteiger partial charge in [0.25, 0.3) is 5.56 Å². The number of hydrogen-bond acceptors (Lipinski definition) is 3. The highest BCUT2D eigenvalue weighted by molar-refractivity contribution is 5.16. The highest BCUT2D eigenvalue weighted by Gasteiger charge is 2.02. The van der Waals surface area contributed by atoms with Crippen LogP contribution in [0.15, 0.2) is 35.4 Å². The largest absolute Gasteiger partial charge is 0.310 e. The van der Waals surface area contributed by atoms with Gasteiger partial charge in [-0.1, -0.05) is 13.3 Å². The van der Waals surface area contributed by atoms with Gasteiger partial charge in [0.2, 0.25) is 0 Å². The van der Waals surface area contributed by atoms with Crippen molar-refractivity contribution in [2.45, 2.75) is 26.2 Å². The molecule has 1 N–H and O–H groups in total. The lowest BCUT2D eigenvalue weighted by atomic mass is 10.2. The Morgan fingerprint density at radius 2 is 2.06 bits per heavy atom. The quantitative estimate of drug-likeness (QED) is 0.868. The van der Waals surface area contributed by atoms with Crippen molar-refractivity contribution in [1.82, 2.24) is 15.0 Å². The Hall–Kier alpha value is -1.97. The molecule has 0 saturated heterocycles. The van der Waals surface area contributed by atoms with E-state index >= 15 is 0 Å². The molecule has 0 spiro atoms. The van der Waals surface area contributed by atoms with Crippen LogP contribution in [0.4, 0.5) is 0 Å². The predicted molar refractivity (Wildman–Crippen MR) is 65.9 cm³/mol. The monoisotopic (exact) mass is 229 g/mol. The average Bonchev–Trinajstić information content (AvgIpc) is 2.30. The van der Waals surface area contributed by atoms with E-state index in [2.05, 4.69) is 21.9 Å². The first kappa shape index (κ1) is 11.5. The number of pyridine rings is 1. The van der Waals surface area contributed by atoms with Gasteiger partial charge in [-0.15, -0.1) is 0 Å². The average molecular weight is 229 g/mol. The van der Waals surface area contributed by atoms with Crippen LogP contribution in [0.25, 0.3) is 0 Å². The molecule has 0 unspecified atom stereocenters. The van der Waals surface area contributed by atoms with E-state index in [1.807, 2.05) is 12.1 Å². The molecule has 88 valence electrons. The minimum atomic E-state index is -0.0764. The molecule has 0 aliphatic heterocycles. The SMILES string of the molecule is CCCc1cc(=O)[nH]c(Cc2ccncc2)n1. The van der Waals surface area contributed by atoms with Gasteiger partial charge < -0.3 is 4.98 Å². The van der Waals surface area contributed by atoms with E-state index in [4.69, 9.17) is 0 Å². The predicted octanol–water partition coefficient (Wildman–Crippen LogP) is 1.71. The molecule has 2 heterocycles. The molecule has 0 aliphatic rings. The third-order valence-electron chi connectivity index (χ3n) is 2.47. The van der Waals surface area contributed by atoms with E-state index in [-0.39, 0.29) is 5.56 Å².